The van der Waals surface area contributed by atoms with Crippen LogP contribution in [0.2, 0.25) is 5.02 Å². The number of rotatable bonds is 0. The Labute approximate surface area is 124 Å². The lowest BCUT2D eigenvalue weighted by molar-refractivity contribution is 0.410. The third kappa shape index (κ3) is 1.39. The molecule has 2 aliphatic heterocycles. The number of benzene rings is 1. The summed E-state index contributed by atoms with van der Waals surface area (Å²) < 4.78 is 0. The first kappa shape index (κ1) is 11.4. The maximum absolute atomic E-state index is 6.45. The van der Waals surface area contributed by atoms with E-state index >= 15 is 0 Å². The second-order valence-electron chi connectivity index (χ2n) is 6.74. The standard InChI is InChI=1S/C18H18ClN/c19-13-7-16-14-5-1-3-11(14)9-20-10-12-4-2-6-15(12)17(8-13)18(16)20/h1-2,5-8,11-12,14-15H,3-4,9-10H2/t11-,12-,14-,15-/m1/s1. The maximum Gasteiger partial charge on any atom is 0.0444 e. The molecule has 2 heteroatoms. The van der Waals surface area contributed by atoms with E-state index < -0.39 is 0 Å². The van der Waals surface area contributed by atoms with Crippen LogP contribution in [0.4, 0.5) is 5.69 Å². The number of halogens is 1. The summed E-state index contributed by atoms with van der Waals surface area (Å²) in [4.78, 5) is 2.66. The molecule has 1 nitrogen and oxygen atoms in total. The average Bonchev–Trinajstić information content (AvgIpc) is 3.06. The van der Waals surface area contributed by atoms with Gasteiger partial charge in [0.15, 0.2) is 0 Å². The Kier molecular flexibility index (Phi) is 2.24. The summed E-state index contributed by atoms with van der Waals surface area (Å²) in [5, 5.41) is 0.917. The molecule has 0 spiro atoms. The van der Waals surface area contributed by atoms with E-state index in [0.29, 0.717) is 11.8 Å². The van der Waals surface area contributed by atoms with Crippen LogP contribution >= 0.6 is 11.6 Å². The quantitative estimate of drug-likeness (QED) is 0.634. The van der Waals surface area contributed by atoms with E-state index in [1.54, 1.807) is 0 Å². The second-order valence-corrected chi connectivity index (χ2v) is 7.17. The summed E-state index contributed by atoms with van der Waals surface area (Å²) in [6.07, 6.45) is 12.0. The summed E-state index contributed by atoms with van der Waals surface area (Å²) >= 11 is 6.45. The number of anilines is 1. The van der Waals surface area contributed by atoms with Crippen LogP contribution in [-0.2, 0) is 0 Å². The first-order valence-electron chi connectivity index (χ1n) is 7.73. The van der Waals surface area contributed by atoms with Crippen molar-refractivity contribution in [1.82, 2.24) is 0 Å². The molecule has 0 aromatic heterocycles. The molecular weight excluding hydrogens is 266 g/mol. The molecule has 1 aromatic carbocycles. The number of hydrogen-bond acceptors (Lipinski definition) is 1. The van der Waals surface area contributed by atoms with Crippen LogP contribution in [0.3, 0.4) is 0 Å². The number of fused-ring (bicyclic) bond motifs is 4. The zero-order chi connectivity index (χ0) is 13.3. The fourth-order valence-electron chi connectivity index (χ4n) is 4.84. The van der Waals surface area contributed by atoms with Crippen molar-refractivity contribution in [1.29, 1.82) is 0 Å². The molecule has 0 saturated heterocycles. The summed E-state index contributed by atoms with van der Waals surface area (Å²) in [6, 6.07) is 4.44. The molecular formula is C18H18ClN. The molecule has 0 saturated carbocycles. The van der Waals surface area contributed by atoms with Gasteiger partial charge in [-0.05, 0) is 47.9 Å². The van der Waals surface area contributed by atoms with E-state index in [2.05, 4.69) is 41.3 Å². The van der Waals surface area contributed by atoms with Crippen LogP contribution in [-0.4, -0.2) is 13.1 Å². The van der Waals surface area contributed by atoms with E-state index in [1.165, 1.54) is 42.7 Å². The molecule has 0 amide bonds. The Bertz CT molecular complexity index is 594. The molecule has 102 valence electrons. The van der Waals surface area contributed by atoms with Gasteiger partial charge in [0.25, 0.3) is 0 Å². The highest BCUT2D eigenvalue weighted by Gasteiger charge is 2.42. The van der Waals surface area contributed by atoms with Gasteiger partial charge in [0.1, 0.15) is 0 Å². The number of hydrogen-bond donors (Lipinski definition) is 0. The molecule has 4 atom stereocenters. The third-order valence-corrected chi connectivity index (χ3v) is 5.88. The Morgan fingerprint density at radius 2 is 1.45 bits per heavy atom. The Morgan fingerprint density at radius 1 is 0.900 bits per heavy atom. The van der Waals surface area contributed by atoms with Gasteiger partial charge in [-0.2, -0.15) is 0 Å². The van der Waals surface area contributed by atoms with E-state index in [1.807, 2.05) is 0 Å². The predicted molar refractivity (Wildman–Crippen MR) is 83.6 cm³/mol. The third-order valence-electron chi connectivity index (χ3n) is 5.66. The minimum atomic E-state index is 0.598. The van der Waals surface area contributed by atoms with E-state index in [9.17, 15) is 0 Å². The van der Waals surface area contributed by atoms with Gasteiger partial charge in [-0.25, -0.2) is 0 Å². The van der Waals surface area contributed by atoms with Crippen molar-refractivity contribution in [3.63, 3.8) is 0 Å². The van der Waals surface area contributed by atoms with Gasteiger partial charge >= 0.3 is 0 Å². The Morgan fingerprint density at radius 3 is 2.00 bits per heavy atom. The van der Waals surface area contributed by atoms with Crippen molar-refractivity contribution in [2.24, 2.45) is 11.8 Å². The molecule has 1 aromatic rings. The lowest BCUT2D eigenvalue weighted by Gasteiger charge is -2.46. The monoisotopic (exact) mass is 283 g/mol. The van der Waals surface area contributed by atoms with Crippen molar-refractivity contribution >= 4 is 17.3 Å². The fourth-order valence-corrected chi connectivity index (χ4v) is 5.07. The summed E-state index contributed by atoms with van der Waals surface area (Å²) in [5.41, 5.74) is 4.47. The van der Waals surface area contributed by atoms with Gasteiger partial charge in [-0.15, -0.1) is 0 Å². The van der Waals surface area contributed by atoms with Gasteiger partial charge < -0.3 is 4.90 Å². The van der Waals surface area contributed by atoms with Gasteiger partial charge in [0.05, 0.1) is 0 Å². The summed E-state index contributed by atoms with van der Waals surface area (Å²) in [7, 11) is 0. The summed E-state index contributed by atoms with van der Waals surface area (Å²) in [6.45, 7) is 2.45. The number of nitrogens with zero attached hydrogens (tertiary/aromatic N) is 1. The SMILES string of the molecule is Clc1cc2c3c(c1)[C@@H]1C=CC[C@@H]1CN3C[C@H]1CC=C[C@@H]21. The fraction of sp³-hybridized carbons (Fsp3) is 0.444. The van der Waals surface area contributed by atoms with Crippen molar-refractivity contribution in [2.75, 3.05) is 18.0 Å². The highest BCUT2D eigenvalue weighted by Crippen LogP contribution is 2.53. The molecule has 0 fully saturated rings. The molecule has 0 unspecified atom stereocenters. The Balaban J connectivity index is 1.76. The Hall–Kier alpha value is -1.21. The first-order chi connectivity index (χ1) is 9.81. The van der Waals surface area contributed by atoms with Gasteiger partial charge in [-0.3, -0.25) is 0 Å². The minimum Gasteiger partial charge on any atom is -0.370 e. The lowest BCUT2D eigenvalue weighted by Crippen LogP contribution is -2.43. The normalized spacial score (nSPS) is 36.0. The second kappa shape index (κ2) is 3.92. The van der Waals surface area contributed by atoms with Crippen molar-refractivity contribution in [3.05, 3.63) is 52.6 Å². The maximum atomic E-state index is 6.45. The van der Waals surface area contributed by atoms with Crippen LogP contribution < -0.4 is 4.90 Å². The number of allylic oxidation sites excluding steroid dienone is 4. The molecule has 20 heavy (non-hydrogen) atoms. The zero-order valence-corrected chi connectivity index (χ0v) is 12.2. The highest BCUT2D eigenvalue weighted by atomic mass is 35.5. The largest absolute Gasteiger partial charge is 0.370 e. The van der Waals surface area contributed by atoms with Crippen molar-refractivity contribution in [2.45, 2.75) is 24.7 Å². The highest BCUT2D eigenvalue weighted by molar-refractivity contribution is 6.30. The molecule has 0 bridgehead atoms. The molecule has 2 heterocycles. The van der Waals surface area contributed by atoms with Gasteiger partial charge in [-0.1, -0.05) is 35.9 Å². The lowest BCUT2D eigenvalue weighted by atomic mass is 9.75. The van der Waals surface area contributed by atoms with Gasteiger partial charge in [0, 0.05) is 35.6 Å². The molecule has 0 N–H and O–H groups in total. The van der Waals surface area contributed by atoms with E-state index in [4.69, 9.17) is 11.6 Å². The van der Waals surface area contributed by atoms with Crippen LogP contribution in [0.1, 0.15) is 35.8 Å². The first-order valence-corrected chi connectivity index (χ1v) is 8.10. The molecule has 2 aliphatic carbocycles. The van der Waals surface area contributed by atoms with Crippen LogP contribution in [0, 0.1) is 11.8 Å². The summed E-state index contributed by atoms with van der Waals surface area (Å²) in [5.74, 6) is 2.72. The topological polar surface area (TPSA) is 3.24 Å². The average molecular weight is 284 g/mol. The molecule has 0 radical (unpaired) electrons. The molecule has 4 aliphatic rings. The van der Waals surface area contributed by atoms with Crippen molar-refractivity contribution < 1.29 is 0 Å². The zero-order valence-electron chi connectivity index (χ0n) is 11.4. The van der Waals surface area contributed by atoms with Crippen molar-refractivity contribution in [3.8, 4) is 0 Å². The van der Waals surface area contributed by atoms with Gasteiger partial charge in [0.2, 0.25) is 0 Å². The van der Waals surface area contributed by atoms with Crippen LogP contribution in [0.5, 0.6) is 0 Å². The predicted octanol–water partition coefficient (Wildman–Crippen LogP) is 4.49. The smallest absolute Gasteiger partial charge is 0.0444 e. The van der Waals surface area contributed by atoms with Crippen LogP contribution in [0.25, 0.3) is 0 Å². The minimum absolute atomic E-state index is 0.598. The van der Waals surface area contributed by atoms with E-state index in [-0.39, 0.29) is 0 Å². The van der Waals surface area contributed by atoms with E-state index in [0.717, 1.165) is 16.9 Å². The molecule has 5 rings (SSSR count). The van der Waals surface area contributed by atoms with Crippen LogP contribution in [0.15, 0.2) is 36.4 Å².